The highest BCUT2D eigenvalue weighted by Gasteiger charge is 2.48. The van der Waals surface area contributed by atoms with Gasteiger partial charge in [-0.3, -0.25) is 14.9 Å². The molecule has 0 spiro atoms. The number of benzene rings is 1. The number of nitro groups is 1. The predicted octanol–water partition coefficient (Wildman–Crippen LogP) is 1.85. The minimum Gasteiger partial charge on any atom is -0.447 e. The Labute approximate surface area is 137 Å². The first-order valence-corrected chi connectivity index (χ1v) is 7.28. The molecule has 1 unspecified atom stereocenters. The summed E-state index contributed by atoms with van der Waals surface area (Å²) >= 11 is 0. The van der Waals surface area contributed by atoms with Gasteiger partial charge in [0.1, 0.15) is 6.61 Å². The lowest BCUT2D eigenvalue weighted by Gasteiger charge is -2.27. The summed E-state index contributed by atoms with van der Waals surface area (Å²) in [5, 5.41) is 14.5. The molecule has 0 N–H and O–H groups in total. The molecule has 24 heavy (non-hydrogen) atoms. The lowest BCUT2D eigenvalue weighted by Crippen LogP contribution is -2.50. The Morgan fingerprint density at radius 2 is 2.04 bits per heavy atom. The lowest BCUT2D eigenvalue weighted by atomic mass is 10.0. The van der Waals surface area contributed by atoms with Crippen molar-refractivity contribution in [3.05, 3.63) is 39.9 Å². The number of nitro benzene ring substituents is 1. The van der Waals surface area contributed by atoms with Crippen molar-refractivity contribution in [1.29, 1.82) is 0 Å². The van der Waals surface area contributed by atoms with Gasteiger partial charge >= 0.3 is 6.09 Å². The molecule has 0 aromatic heterocycles. The fourth-order valence-electron chi connectivity index (χ4n) is 2.60. The van der Waals surface area contributed by atoms with Crippen molar-refractivity contribution < 1.29 is 24.1 Å². The van der Waals surface area contributed by atoms with Crippen LogP contribution >= 0.6 is 0 Å². The number of amides is 2. The van der Waals surface area contributed by atoms with Gasteiger partial charge in [-0.15, -0.1) is 0 Å². The first kappa shape index (κ1) is 15.9. The van der Waals surface area contributed by atoms with E-state index in [-0.39, 0.29) is 18.7 Å². The van der Waals surface area contributed by atoms with Crippen LogP contribution in [0.5, 0.6) is 0 Å². The van der Waals surface area contributed by atoms with E-state index in [2.05, 4.69) is 5.16 Å². The second-order valence-corrected chi connectivity index (χ2v) is 6.18. The quantitative estimate of drug-likeness (QED) is 0.616. The second-order valence-electron chi connectivity index (χ2n) is 6.18. The summed E-state index contributed by atoms with van der Waals surface area (Å²) in [5.41, 5.74) is 0.341. The van der Waals surface area contributed by atoms with Gasteiger partial charge in [0.15, 0.2) is 0 Å². The van der Waals surface area contributed by atoms with Gasteiger partial charge in [-0.1, -0.05) is 5.16 Å². The normalized spacial score (nSPS) is 21.9. The molecule has 1 aromatic carbocycles. The molecule has 2 aliphatic rings. The van der Waals surface area contributed by atoms with Crippen LogP contribution in [0.1, 0.15) is 25.8 Å². The molecule has 126 valence electrons. The van der Waals surface area contributed by atoms with Crippen LogP contribution in [0, 0.1) is 10.1 Å². The predicted molar refractivity (Wildman–Crippen MR) is 81.4 cm³/mol. The molecular weight excluding hydrogens is 318 g/mol. The van der Waals surface area contributed by atoms with Gasteiger partial charge < -0.3 is 9.57 Å². The molecule has 9 heteroatoms. The molecule has 9 nitrogen and oxygen atoms in total. The topological polar surface area (TPSA) is 111 Å². The van der Waals surface area contributed by atoms with Crippen molar-refractivity contribution in [1.82, 2.24) is 4.90 Å². The summed E-state index contributed by atoms with van der Waals surface area (Å²) in [5.74, 6) is -0.511. The highest BCUT2D eigenvalue weighted by molar-refractivity contribution is 6.06. The van der Waals surface area contributed by atoms with Crippen LogP contribution < -0.4 is 0 Å². The van der Waals surface area contributed by atoms with Crippen LogP contribution in [0.15, 0.2) is 29.4 Å². The summed E-state index contributed by atoms with van der Waals surface area (Å²) in [6.45, 7) is 3.58. The number of rotatable bonds is 3. The van der Waals surface area contributed by atoms with E-state index in [0.29, 0.717) is 11.3 Å². The molecule has 1 saturated heterocycles. The molecule has 3 rings (SSSR count). The van der Waals surface area contributed by atoms with E-state index in [1.807, 2.05) is 0 Å². The van der Waals surface area contributed by atoms with Crippen molar-refractivity contribution in [3.63, 3.8) is 0 Å². The second kappa shape index (κ2) is 5.59. The van der Waals surface area contributed by atoms with Gasteiger partial charge in [-0.2, -0.15) is 0 Å². The van der Waals surface area contributed by atoms with Crippen molar-refractivity contribution >= 4 is 23.4 Å². The Hall–Kier alpha value is -2.97. The average Bonchev–Trinajstić information content (AvgIpc) is 3.12. The summed E-state index contributed by atoms with van der Waals surface area (Å²) in [7, 11) is 0. The molecule has 1 fully saturated rings. The van der Waals surface area contributed by atoms with Crippen LogP contribution in [0.2, 0.25) is 0 Å². The number of hydrogen-bond donors (Lipinski definition) is 0. The Bertz CT molecular complexity index is 740. The smallest absolute Gasteiger partial charge is 0.417 e. The van der Waals surface area contributed by atoms with E-state index >= 15 is 0 Å². The third-order valence-corrected chi connectivity index (χ3v) is 3.91. The third-order valence-electron chi connectivity index (χ3n) is 3.91. The standard InChI is InChI=1S/C15H15N3O6/c1-15(2)8-23-14(20)17(15)13(19)12-7-11(16-24-12)9-3-5-10(6-4-9)18(21)22/h3-6,12H,7-8H2,1-2H3. The molecule has 0 saturated carbocycles. The van der Waals surface area contributed by atoms with Gasteiger partial charge in [0, 0.05) is 18.6 Å². The minimum atomic E-state index is -0.917. The number of cyclic esters (lactones) is 1. The molecule has 0 aliphatic carbocycles. The minimum absolute atomic E-state index is 0.0348. The number of ether oxygens (including phenoxy) is 1. The first-order chi connectivity index (χ1) is 11.3. The van der Waals surface area contributed by atoms with Crippen LogP contribution in [0.4, 0.5) is 10.5 Å². The number of hydrogen-bond acceptors (Lipinski definition) is 7. The molecule has 0 radical (unpaired) electrons. The largest absolute Gasteiger partial charge is 0.447 e. The zero-order valence-electron chi connectivity index (χ0n) is 13.1. The first-order valence-electron chi connectivity index (χ1n) is 7.28. The number of nitrogens with zero attached hydrogens (tertiary/aromatic N) is 3. The maximum absolute atomic E-state index is 12.5. The average molecular weight is 333 g/mol. The van der Waals surface area contributed by atoms with Crippen molar-refractivity contribution in [2.75, 3.05) is 6.61 Å². The van der Waals surface area contributed by atoms with E-state index in [1.54, 1.807) is 26.0 Å². The van der Waals surface area contributed by atoms with E-state index in [9.17, 15) is 19.7 Å². The zero-order chi connectivity index (χ0) is 17.5. The highest BCUT2D eigenvalue weighted by atomic mass is 16.6. The van der Waals surface area contributed by atoms with E-state index in [1.165, 1.54) is 12.1 Å². The number of non-ortho nitro benzene ring substituents is 1. The summed E-state index contributed by atoms with van der Waals surface area (Å²) in [6, 6.07) is 5.80. The van der Waals surface area contributed by atoms with Gasteiger partial charge in [0.2, 0.25) is 6.10 Å². The molecule has 2 amide bonds. The van der Waals surface area contributed by atoms with Gasteiger partial charge in [-0.25, -0.2) is 9.69 Å². The van der Waals surface area contributed by atoms with Crippen molar-refractivity contribution in [3.8, 4) is 0 Å². The molecule has 2 aliphatic heterocycles. The van der Waals surface area contributed by atoms with Crippen molar-refractivity contribution in [2.24, 2.45) is 5.16 Å². The number of imide groups is 1. The molecule has 1 aromatic rings. The van der Waals surface area contributed by atoms with Crippen molar-refractivity contribution in [2.45, 2.75) is 31.9 Å². The van der Waals surface area contributed by atoms with Crippen LogP contribution in [0.25, 0.3) is 0 Å². The van der Waals surface area contributed by atoms with Crippen LogP contribution in [-0.4, -0.2) is 45.8 Å². The third kappa shape index (κ3) is 2.68. The van der Waals surface area contributed by atoms with E-state index in [4.69, 9.17) is 9.57 Å². The van der Waals surface area contributed by atoms with E-state index in [0.717, 1.165) is 4.90 Å². The highest BCUT2D eigenvalue weighted by Crippen LogP contribution is 2.28. The summed E-state index contributed by atoms with van der Waals surface area (Å²) in [6.07, 6.45) is -1.44. The summed E-state index contributed by atoms with van der Waals surface area (Å²) in [4.78, 5) is 40.7. The Kier molecular flexibility index (Phi) is 3.70. The summed E-state index contributed by atoms with van der Waals surface area (Å²) < 4.78 is 4.92. The molecular formula is C15H15N3O6. The zero-order valence-corrected chi connectivity index (χ0v) is 13.1. The van der Waals surface area contributed by atoms with Crippen LogP contribution in [0.3, 0.4) is 0 Å². The Morgan fingerprint density at radius 3 is 2.58 bits per heavy atom. The maximum atomic E-state index is 12.5. The fraction of sp³-hybridized carbons (Fsp3) is 0.400. The molecule has 0 bridgehead atoms. The maximum Gasteiger partial charge on any atom is 0.417 e. The van der Waals surface area contributed by atoms with Gasteiger partial charge in [0.05, 0.1) is 16.2 Å². The Morgan fingerprint density at radius 1 is 1.38 bits per heavy atom. The van der Waals surface area contributed by atoms with Crippen LogP contribution in [-0.2, 0) is 14.4 Å². The molecule has 2 heterocycles. The number of oxime groups is 1. The Balaban J connectivity index is 1.71. The SMILES string of the molecule is CC1(C)COC(=O)N1C(=O)C1CC(c2ccc([N+](=O)[O-])cc2)=NO1. The monoisotopic (exact) mass is 333 g/mol. The van der Waals surface area contributed by atoms with Gasteiger partial charge in [-0.05, 0) is 31.5 Å². The van der Waals surface area contributed by atoms with E-state index < -0.39 is 28.6 Å². The fourth-order valence-corrected chi connectivity index (χ4v) is 2.60. The number of carbonyl (C=O) groups excluding carboxylic acids is 2. The number of carbonyl (C=O) groups is 2. The molecule has 1 atom stereocenters. The lowest BCUT2D eigenvalue weighted by molar-refractivity contribution is -0.384. The van der Waals surface area contributed by atoms with Gasteiger partial charge in [0.25, 0.3) is 11.6 Å².